The van der Waals surface area contributed by atoms with Gasteiger partial charge >= 0.3 is 0 Å². The maximum absolute atomic E-state index is 11.9. The van der Waals surface area contributed by atoms with Crippen LogP contribution in [-0.4, -0.2) is 50.5 Å². The SMILES string of the molecule is Fc1ccc(F)cc1.PNC1C=C(N2CCOCC2)COC1. The van der Waals surface area contributed by atoms with E-state index in [0.717, 1.165) is 63.8 Å². The zero-order chi connectivity index (χ0) is 15.8. The number of morpholine rings is 1. The number of halogens is 2. The third kappa shape index (κ3) is 5.61. The van der Waals surface area contributed by atoms with Crippen LogP contribution in [-0.2, 0) is 9.47 Å². The molecule has 0 spiro atoms. The van der Waals surface area contributed by atoms with E-state index in [1.807, 2.05) is 0 Å². The molecule has 7 heteroatoms. The lowest BCUT2D eigenvalue weighted by Gasteiger charge is -2.34. The van der Waals surface area contributed by atoms with Gasteiger partial charge in [-0.15, -0.1) is 0 Å². The van der Waals surface area contributed by atoms with E-state index in [4.69, 9.17) is 9.47 Å². The summed E-state index contributed by atoms with van der Waals surface area (Å²) in [7, 11) is 2.53. The Kier molecular flexibility index (Phi) is 7.19. The standard InChI is InChI=1S/C9H17N2O2P.C6H4F2/c14-10-8-5-9(7-13-6-8)11-1-3-12-4-2-11;7-5-1-2-6(8)4-3-5/h5,8,10H,1-4,6-7,14H2;1-4H. The van der Waals surface area contributed by atoms with Gasteiger partial charge in [-0.3, -0.25) is 5.09 Å². The van der Waals surface area contributed by atoms with Gasteiger partial charge in [-0.25, -0.2) is 8.78 Å². The lowest BCUT2D eigenvalue weighted by molar-refractivity contribution is 0.0359. The fraction of sp³-hybridized carbons (Fsp3) is 0.467. The molecule has 0 amide bonds. The quantitative estimate of drug-likeness (QED) is 0.841. The Morgan fingerprint density at radius 2 is 1.64 bits per heavy atom. The molecule has 1 aromatic carbocycles. The molecule has 4 nitrogen and oxygen atoms in total. The average molecular weight is 330 g/mol. The smallest absolute Gasteiger partial charge is 0.123 e. The maximum Gasteiger partial charge on any atom is 0.123 e. The first kappa shape index (κ1) is 17.3. The third-order valence-corrected chi connectivity index (χ3v) is 3.80. The van der Waals surface area contributed by atoms with Crippen molar-refractivity contribution < 1.29 is 18.3 Å². The molecule has 1 fully saturated rings. The van der Waals surface area contributed by atoms with Gasteiger partial charge in [-0.2, -0.15) is 0 Å². The molecule has 2 atom stereocenters. The average Bonchev–Trinajstić information content (AvgIpc) is 2.59. The first-order valence-corrected chi connectivity index (χ1v) is 7.75. The van der Waals surface area contributed by atoms with Gasteiger partial charge < -0.3 is 14.4 Å². The summed E-state index contributed by atoms with van der Waals surface area (Å²) >= 11 is 0. The second-order valence-electron chi connectivity index (χ2n) is 4.98. The van der Waals surface area contributed by atoms with Crippen molar-refractivity contribution in [1.29, 1.82) is 0 Å². The van der Waals surface area contributed by atoms with Crippen LogP contribution in [0.4, 0.5) is 8.78 Å². The Morgan fingerprint density at radius 3 is 2.18 bits per heavy atom. The molecular weight excluding hydrogens is 309 g/mol. The molecule has 0 radical (unpaired) electrons. The van der Waals surface area contributed by atoms with Crippen LogP contribution in [0.1, 0.15) is 0 Å². The van der Waals surface area contributed by atoms with E-state index in [9.17, 15) is 8.78 Å². The Balaban J connectivity index is 0.000000188. The van der Waals surface area contributed by atoms with Crippen molar-refractivity contribution in [1.82, 2.24) is 9.99 Å². The highest BCUT2D eigenvalue weighted by Gasteiger charge is 2.19. The molecule has 1 saturated heterocycles. The van der Waals surface area contributed by atoms with E-state index in [-0.39, 0.29) is 0 Å². The van der Waals surface area contributed by atoms with Gasteiger partial charge in [0.2, 0.25) is 0 Å². The number of nitrogens with zero attached hydrogens (tertiary/aromatic N) is 1. The summed E-state index contributed by atoms with van der Waals surface area (Å²) in [5.74, 6) is -0.821. The van der Waals surface area contributed by atoms with Crippen LogP contribution in [0.15, 0.2) is 36.0 Å². The van der Waals surface area contributed by atoms with Crippen LogP contribution < -0.4 is 5.09 Å². The molecular formula is C15H21F2N2O2P. The number of hydrogen-bond acceptors (Lipinski definition) is 4. The largest absolute Gasteiger partial charge is 0.378 e. The minimum absolute atomic E-state index is 0.326. The van der Waals surface area contributed by atoms with Crippen molar-refractivity contribution in [3.8, 4) is 0 Å². The number of benzene rings is 1. The first-order chi connectivity index (χ1) is 10.7. The van der Waals surface area contributed by atoms with Crippen LogP contribution in [0, 0.1) is 11.6 Å². The van der Waals surface area contributed by atoms with E-state index in [1.165, 1.54) is 5.70 Å². The molecule has 122 valence electrons. The highest BCUT2D eigenvalue weighted by molar-refractivity contribution is 7.13. The van der Waals surface area contributed by atoms with Crippen LogP contribution in [0.25, 0.3) is 0 Å². The van der Waals surface area contributed by atoms with Gasteiger partial charge in [0.05, 0.1) is 32.5 Å². The normalized spacial score (nSPS) is 21.7. The molecule has 0 aliphatic carbocycles. The molecule has 1 aromatic rings. The number of ether oxygens (including phenoxy) is 2. The predicted octanol–water partition coefficient (Wildman–Crippen LogP) is 1.95. The van der Waals surface area contributed by atoms with Gasteiger partial charge in [0.15, 0.2) is 0 Å². The monoisotopic (exact) mass is 330 g/mol. The molecule has 3 rings (SSSR count). The molecule has 0 aromatic heterocycles. The van der Waals surface area contributed by atoms with E-state index in [1.54, 1.807) is 0 Å². The van der Waals surface area contributed by atoms with Crippen LogP contribution in [0.5, 0.6) is 0 Å². The van der Waals surface area contributed by atoms with Crippen LogP contribution in [0.3, 0.4) is 0 Å². The van der Waals surface area contributed by atoms with E-state index < -0.39 is 11.6 Å². The minimum atomic E-state index is -0.411. The highest BCUT2D eigenvalue weighted by atomic mass is 31.0. The fourth-order valence-electron chi connectivity index (χ4n) is 2.19. The molecule has 2 aliphatic rings. The lowest BCUT2D eigenvalue weighted by atomic mass is 10.2. The van der Waals surface area contributed by atoms with Gasteiger partial charge in [-0.1, -0.05) is 9.39 Å². The third-order valence-electron chi connectivity index (χ3n) is 3.38. The van der Waals surface area contributed by atoms with E-state index >= 15 is 0 Å². The van der Waals surface area contributed by atoms with Crippen molar-refractivity contribution in [2.45, 2.75) is 6.04 Å². The van der Waals surface area contributed by atoms with Crippen LogP contribution >= 0.6 is 9.39 Å². The number of hydrogen-bond donors (Lipinski definition) is 1. The van der Waals surface area contributed by atoms with E-state index in [2.05, 4.69) is 25.5 Å². The summed E-state index contributed by atoms with van der Waals surface area (Å²) in [6.45, 7) is 5.13. The molecule has 0 saturated carbocycles. The predicted molar refractivity (Wildman–Crippen MR) is 84.3 cm³/mol. The van der Waals surface area contributed by atoms with Crippen molar-refractivity contribution in [2.75, 3.05) is 39.5 Å². The lowest BCUT2D eigenvalue weighted by Crippen LogP contribution is -2.40. The van der Waals surface area contributed by atoms with Crippen molar-refractivity contribution >= 4 is 9.39 Å². The van der Waals surface area contributed by atoms with Crippen LogP contribution in [0.2, 0.25) is 0 Å². The molecule has 0 bridgehead atoms. The van der Waals surface area contributed by atoms with Crippen molar-refractivity contribution in [3.05, 3.63) is 47.7 Å². The zero-order valence-corrected chi connectivity index (χ0v) is 13.5. The Bertz CT molecular complexity index is 458. The summed E-state index contributed by atoms with van der Waals surface area (Å²) < 4.78 is 34.7. The Labute approximate surface area is 131 Å². The zero-order valence-electron chi connectivity index (χ0n) is 12.3. The number of nitrogens with one attached hydrogen (secondary N) is 1. The summed E-state index contributed by atoms with van der Waals surface area (Å²) in [5, 5.41) is 3.13. The van der Waals surface area contributed by atoms with Gasteiger partial charge in [-0.05, 0) is 30.3 Å². The second-order valence-corrected chi connectivity index (χ2v) is 5.32. The molecule has 2 unspecified atom stereocenters. The van der Waals surface area contributed by atoms with Gasteiger partial charge in [0.25, 0.3) is 0 Å². The maximum atomic E-state index is 11.9. The molecule has 2 aliphatic heterocycles. The van der Waals surface area contributed by atoms with E-state index in [0.29, 0.717) is 6.04 Å². The molecule has 22 heavy (non-hydrogen) atoms. The minimum Gasteiger partial charge on any atom is -0.378 e. The molecule has 1 N–H and O–H groups in total. The van der Waals surface area contributed by atoms with Gasteiger partial charge in [0.1, 0.15) is 11.6 Å². The Hall–Kier alpha value is -1.07. The fourth-order valence-corrected chi connectivity index (χ4v) is 2.38. The highest BCUT2D eigenvalue weighted by Crippen LogP contribution is 2.13. The summed E-state index contributed by atoms with van der Waals surface area (Å²) in [5.41, 5.74) is 1.29. The summed E-state index contributed by atoms with van der Waals surface area (Å²) in [6.07, 6.45) is 2.25. The van der Waals surface area contributed by atoms with Crippen molar-refractivity contribution in [2.24, 2.45) is 0 Å². The molecule has 2 heterocycles. The second kappa shape index (κ2) is 9.16. The first-order valence-electron chi connectivity index (χ1n) is 7.17. The topological polar surface area (TPSA) is 33.7 Å². The summed E-state index contributed by atoms with van der Waals surface area (Å²) in [6, 6.07) is 4.64. The number of rotatable bonds is 2. The van der Waals surface area contributed by atoms with Gasteiger partial charge in [0, 0.05) is 18.8 Å². The Morgan fingerprint density at radius 1 is 1.05 bits per heavy atom. The summed E-state index contributed by atoms with van der Waals surface area (Å²) in [4.78, 5) is 2.34. The van der Waals surface area contributed by atoms with Crippen molar-refractivity contribution in [3.63, 3.8) is 0 Å².